The highest BCUT2D eigenvalue weighted by atomic mass is 35.5. The van der Waals surface area contributed by atoms with Crippen molar-refractivity contribution in [1.82, 2.24) is 0 Å². The number of allylic oxidation sites excluding steroid dienone is 1. The van der Waals surface area contributed by atoms with Gasteiger partial charge in [-0.1, -0.05) is 11.6 Å². The predicted octanol–water partition coefficient (Wildman–Crippen LogP) is 4.15. The fourth-order valence-corrected chi connectivity index (χ4v) is 3.72. The summed E-state index contributed by atoms with van der Waals surface area (Å²) in [6, 6.07) is 12.1. The Labute approximate surface area is 196 Å². The van der Waals surface area contributed by atoms with Gasteiger partial charge in [-0.2, -0.15) is 5.26 Å². The molecule has 0 fully saturated rings. The number of esters is 1. The fourth-order valence-electron chi connectivity index (χ4n) is 3.59. The van der Waals surface area contributed by atoms with E-state index < -0.39 is 11.9 Å². The van der Waals surface area contributed by atoms with E-state index in [1.54, 1.807) is 43.3 Å². The lowest BCUT2D eigenvalue weighted by atomic mass is 9.81. The van der Waals surface area contributed by atoms with Crippen molar-refractivity contribution in [3.05, 3.63) is 69.6 Å². The standard InChI is InChI=1S/C24H23ClN2O6/c1-5-32-24(28)20-19(14-10-17(29-2)22(31-4)18(11-14)30-3)16(12-26)23(27)33-21(20)13-6-8-15(25)9-7-13/h6-11,19H,5,27H2,1-4H3/t19-/m1/s1. The maximum Gasteiger partial charge on any atom is 0.338 e. The number of nitrogens with two attached hydrogens (primary N) is 1. The van der Waals surface area contributed by atoms with Crippen LogP contribution in [0.3, 0.4) is 0 Å². The first-order valence-electron chi connectivity index (χ1n) is 9.94. The Morgan fingerprint density at radius 3 is 2.21 bits per heavy atom. The van der Waals surface area contributed by atoms with E-state index in [-0.39, 0.29) is 29.4 Å². The zero-order valence-electron chi connectivity index (χ0n) is 18.6. The monoisotopic (exact) mass is 470 g/mol. The van der Waals surface area contributed by atoms with Gasteiger partial charge in [0.25, 0.3) is 0 Å². The lowest BCUT2D eigenvalue weighted by molar-refractivity contribution is -0.138. The van der Waals surface area contributed by atoms with Crippen molar-refractivity contribution in [1.29, 1.82) is 5.26 Å². The molecule has 172 valence electrons. The van der Waals surface area contributed by atoms with Crippen LogP contribution in [0.15, 0.2) is 53.4 Å². The van der Waals surface area contributed by atoms with E-state index in [4.69, 9.17) is 41.0 Å². The zero-order chi connectivity index (χ0) is 24.1. The molecule has 2 N–H and O–H groups in total. The predicted molar refractivity (Wildman–Crippen MR) is 122 cm³/mol. The highest BCUT2D eigenvalue weighted by molar-refractivity contribution is 6.30. The second kappa shape index (κ2) is 10.2. The third kappa shape index (κ3) is 4.54. The quantitative estimate of drug-likeness (QED) is 0.600. The molecule has 0 amide bonds. The Hall–Kier alpha value is -3.83. The average molecular weight is 471 g/mol. The van der Waals surface area contributed by atoms with Crippen molar-refractivity contribution in [2.45, 2.75) is 12.8 Å². The Morgan fingerprint density at radius 2 is 1.73 bits per heavy atom. The molecular formula is C24H23ClN2O6. The molecule has 2 aromatic carbocycles. The molecule has 0 bridgehead atoms. The first-order chi connectivity index (χ1) is 15.9. The summed E-state index contributed by atoms with van der Waals surface area (Å²) >= 11 is 6.03. The molecule has 33 heavy (non-hydrogen) atoms. The largest absolute Gasteiger partial charge is 0.493 e. The zero-order valence-corrected chi connectivity index (χ0v) is 19.4. The highest BCUT2D eigenvalue weighted by Gasteiger charge is 2.39. The molecule has 1 aliphatic rings. The minimum absolute atomic E-state index is 0.0463. The molecule has 0 spiro atoms. The van der Waals surface area contributed by atoms with Gasteiger partial charge in [0.15, 0.2) is 11.5 Å². The summed E-state index contributed by atoms with van der Waals surface area (Å²) in [5.41, 5.74) is 7.34. The van der Waals surface area contributed by atoms with E-state index in [0.29, 0.717) is 33.4 Å². The summed E-state index contributed by atoms with van der Waals surface area (Å²) in [5.74, 6) is -0.458. The number of hydrogen-bond acceptors (Lipinski definition) is 8. The van der Waals surface area contributed by atoms with Crippen LogP contribution in [0.1, 0.15) is 24.0 Å². The summed E-state index contributed by atoms with van der Waals surface area (Å²) in [6.07, 6.45) is 0. The first kappa shape index (κ1) is 23.8. The van der Waals surface area contributed by atoms with Crippen molar-refractivity contribution in [2.24, 2.45) is 5.73 Å². The molecule has 1 aliphatic heterocycles. The molecule has 0 saturated heterocycles. The number of ether oxygens (including phenoxy) is 5. The molecule has 0 unspecified atom stereocenters. The number of halogens is 1. The van der Waals surface area contributed by atoms with E-state index >= 15 is 0 Å². The van der Waals surface area contributed by atoms with Crippen LogP contribution in [-0.4, -0.2) is 33.9 Å². The van der Waals surface area contributed by atoms with Crippen LogP contribution < -0.4 is 19.9 Å². The van der Waals surface area contributed by atoms with Gasteiger partial charge < -0.3 is 29.4 Å². The number of benzene rings is 2. The van der Waals surface area contributed by atoms with Gasteiger partial charge in [-0.3, -0.25) is 0 Å². The number of hydrogen-bond donors (Lipinski definition) is 1. The van der Waals surface area contributed by atoms with Crippen molar-refractivity contribution in [3.8, 4) is 23.3 Å². The SMILES string of the molecule is CCOC(=O)C1=C(c2ccc(Cl)cc2)OC(N)=C(C#N)[C@H]1c1cc(OC)c(OC)c(OC)c1. The van der Waals surface area contributed by atoms with Crippen LogP contribution in [0, 0.1) is 11.3 Å². The van der Waals surface area contributed by atoms with Gasteiger partial charge in [0, 0.05) is 10.6 Å². The number of carbonyl (C=O) groups is 1. The average Bonchev–Trinajstić information content (AvgIpc) is 2.82. The summed E-state index contributed by atoms with van der Waals surface area (Å²) in [4.78, 5) is 13.2. The topological polar surface area (TPSA) is 113 Å². The fraction of sp³-hybridized carbons (Fsp3) is 0.250. The first-order valence-corrected chi connectivity index (χ1v) is 10.3. The van der Waals surface area contributed by atoms with E-state index in [0.717, 1.165) is 0 Å². The van der Waals surface area contributed by atoms with Crippen molar-refractivity contribution < 1.29 is 28.5 Å². The second-order valence-electron chi connectivity index (χ2n) is 6.85. The molecule has 0 aromatic heterocycles. The molecule has 1 heterocycles. The summed E-state index contributed by atoms with van der Waals surface area (Å²) in [6.45, 7) is 1.81. The Bertz CT molecular complexity index is 1140. The van der Waals surface area contributed by atoms with Crippen LogP contribution in [-0.2, 0) is 14.3 Å². The van der Waals surface area contributed by atoms with Gasteiger partial charge in [-0.15, -0.1) is 0 Å². The molecule has 0 saturated carbocycles. The number of nitriles is 1. The van der Waals surface area contributed by atoms with Crippen molar-refractivity contribution in [2.75, 3.05) is 27.9 Å². The Kier molecular flexibility index (Phi) is 7.36. The van der Waals surface area contributed by atoms with Gasteiger partial charge in [-0.25, -0.2) is 4.79 Å². The highest BCUT2D eigenvalue weighted by Crippen LogP contribution is 2.47. The number of methoxy groups -OCH3 is 3. The van der Waals surface area contributed by atoms with Crippen LogP contribution in [0.2, 0.25) is 5.02 Å². The Balaban J connectivity index is 2.35. The third-order valence-electron chi connectivity index (χ3n) is 5.04. The smallest absolute Gasteiger partial charge is 0.338 e. The lowest BCUT2D eigenvalue weighted by Gasteiger charge is -2.29. The van der Waals surface area contributed by atoms with Gasteiger partial charge in [0.2, 0.25) is 11.6 Å². The van der Waals surface area contributed by atoms with Crippen LogP contribution in [0.25, 0.3) is 5.76 Å². The van der Waals surface area contributed by atoms with E-state index in [9.17, 15) is 10.1 Å². The van der Waals surface area contributed by atoms with Crippen LogP contribution in [0.4, 0.5) is 0 Å². The number of rotatable bonds is 7. The van der Waals surface area contributed by atoms with Gasteiger partial charge in [-0.05, 0) is 48.9 Å². The lowest BCUT2D eigenvalue weighted by Crippen LogP contribution is -2.26. The number of carbonyl (C=O) groups excluding carboxylic acids is 1. The summed E-state index contributed by atoms with van der Waals surface area (Å²) < 4.78 is 27.4. The molecule has 0 aliphatic carbocycles. The minimum Gasteiger partial charge on any atom is -0.493 e. The van der Waals surface area contributed by atoms with E-state index in [1.165, 1.54) is 21.3 Å². The van der Waals surface area contributed by atoms with Gasteiger partial charge >= 0.3 is 5.97 Å². The maximum atomic E-state index is 13.2. The number of nitrogens with zero attached hydrogens (tertiary/aromatic N) is 1. The van der Waals surface area contributed by atoms with E-state index in [2.05, 4.69) is 6.07 Å². The second-order valence-corrected chi connectivity index (χ2v) is 7.29. The van der Waals surface area contributed by atoms with Crippen LogP contribution in [0.5, 0.6) is 17.2 Å². The summed E-state index contributed by atoms with van der Waals surface area (Å²) in [7, 11) is 4.43. The van der Waals surface area contributed by atoms with Gasteiger partial charge in [0.05, 0.1) is 39.4 Å². The minimum atomic E-state index is -0.915. The van der Waals surface area contributed by atoms with Crippen LogP contribution >= 0.6 is 11.6 Å². The van der Waals surface area contributed by atoms with Crippen molar-refractivity contribution in [3.63, 3.8) is 0 Å². The molecule has 8 nitrogen and oxygen atoms in total. The molecule has 2 aromatic rings. The molecule has 1 atom stereocenters. The van der Waals surface area contributed by atoms with Crippen molar-refractivity contribution >= 4 is 23.3 Å². The molecule has 0 radical (unpaired) electrons. The molecule has 9 heteroatoms. The van der Waals surface area contributed by atoms with Gasteiger partial charge in [0.1, 0.15) is 17.4 Å². The third-order valence-corrected chi connectivity index (χ3v) is 5.29. The molecule has 3 rings (SSSR count). The molecular weight excluding hydrogens is 448 g/mol. The Morgan fingerprint density at radius 1 is 1.12 bits per heavy atom. The maximum absolute atomic E-state index is 13.2. The van der Waals surface area contributed by atoms with E-state index in [1.807, 2.05) is 0 Å². The normalized spacial score (nSPS) is 15.5. The summed E-state index contributed by atoms with van der Waals surface area (Å²) in [5, 5.41) is 10.4.